The van der Waals surface area contributed by atoms with Gasteiger partial charge in [-0.3, -0.25) is 4.79 Å². The molecule has 1 unspecified atom stereocenters. The summed E-state index contributed by atoms with van der Waals surface area (Å²) in [6.45, 7) is 0. The van der Waals surface area contributed by atoms with Crippen LogP contribution in [0.1, 0.15) is 37.9 Å². The Morgan fingerprint density at radius 2 is 1.61 bits per heavy atom. The van der Waals surface area contributed by atoms with Gasteiger partial charge in [0.1, 0.15) is 6.29 Å². The van der Waals surface area contributed by atoms with Crippen molar-refractivity contribution in [3.63, 3.8) is 0 Å². The summed E-state index contributed by atoms with van der Waals surface area (Å²) in [5.74, 6) is -0.337. The molecule has 1 aliphatic heterocycles. The Morgan fingerprint density at radius 1 is 0.944 bits per heavy atom. The van der Waals surface area contributed by atoms with Crippen LogP contribution in [0.15, 0.2) is 48.5 Å². The molecule has 3 rings (SSSR count). The number of ether oxygens (including phenoxy) is 1. The zero-order chi connectivity index (χ0) is 12.5. The van der Waals surface area contributed by atoms with Crippen LogP contribution in [0.25, 0.3) is 0 Å². The molecule has 3 heteroatoms. The van der Waals surface area contributed by atoms with Crippen molar-refractivity contribution in [3.05, 3.63) is 70.8 Å². The Balaban J connectivity index is 2.15. The lowest BCUT2D eigenvalue weighted by Crippen LogP contribution is -2.04. The highest BCUT2D eigenvalue weighted by Gasteiger charge is 2.32. The zero-order valence-corrected chi connectivity index (χ0v) is 9.50. The molecule has 0 bridgehead atoms. The van der Waals surface area contributed by atoms with Gasteiger partial charge in [0.2, 0.25) is 0 Å². The molecule has 0 aromatic heterocycles. The number of cyclic esters (lactones) is 1. The lowest BCUT2D eigenvalue weighted by molar-refractivity contribution is 0.0454. The summed E-state index contributed by atoms with van der Waals surface area (Å²) in [6.07, 6.45) is 0.305. The molecule has 88 valence electrons. The Bertz CT molecular complexity index is 631. The zero-order valence-electron chi connectivity index (χ0n) is 9.50. The summed E-state index contributed by atoms with van der Waals surface area (Å²) in [4.78, 5) is 22.8. The number of hydrogen-bond acceptors (Lipinski definition) is 3. The van der Waals surface area contributed by atoms with Crippen molar-refractivity contribution in [2.24, 2.45) is 0 Å². The number of carbonyl (C=O) groups is 2. The van der Waals surface area contributed by atoms with Crippen molar-refractivity contribution < 1.29 is 14.3 Å². The van der Waals surface area contributed by atoms with Crippen LogP contribution in [0.4, 0.5) is 0 Å². The molecule has 1 aliphatic rings. The van der Waals surface area contributed by atoms with E-state index in [9.17, 15) is 9.59 Å². The molecule has 18 heavy (non-hydrogen) atoms. The van der Waals surface area contributed by atoms with E-state index in [1.54, 1.807) is 24.3 Å². The first-order valence-electron chi connectivity index (χ1n) is 5.65. The first-order valence-corrected chi connectivity index (χ1v) is 5.65. The van der Waals surface area contributed by atoms with Crippen molar-refractivity contribution in [1.82, 2.24) is 0 Å². The molecule has 0 fully saturated rings. The highest BCUT2D eigenvalue weighted by atomic mass is 16.5. The van der Waals surface area contributed by atoms with E-state index in [4.69, 9.17) is 4.74 Å². The Hall–Kier alpha value is -2.42. The van der Waals surface area contributed by atoms with Gasteiger partial charge < -0.3 is 4.74 Å². The third kappa shape index (κ3) is 1.52. The summed E-state index contributed by atoms with van der Waals surface area (Å²) in [6, 6.07) is 14.4. The SMILES string of the molecule is O=Cc1ccccc1C1OC(=O)c2ccccc21. The fourth-order valence-corrected chi connectivity index (χ4v) is 2.23. The largest absolute Gasteiger partial charge is 0.449 e. The van der Waals surface area contributed by atoms with Crippen LogP contribution in [-0.4, -0.2) is 12.3 Å². The average molecular weight is 238 g/mol. The van der Waals surface area contributed by atoms with Crippen molar-refractivity contribution in [2.45, 2.75) is 6.10 Å². The standard InChI is InChI=1S/C15H10O3/c16-9-10-5-1-2-6-11(10)14-12-7-3-4-8-13(12)15(17)18-14/h1-9,14H. The van der Waals surface area contributed by atoms with Crippen LogP contribution < -0.4 is 0 Å². The van der Waals surface area contributed by atoms with Crippen LogP contribution in [0.5, 0.6) is 0 Å². The molecule has 2 aromatic carbocycles. The molecule has 3 nitrogen and oxygen atoms in total. The second-order valence-corrected chi connectivity index (χ2v) is 4.12. The summed E-state index contributed by atoms with van der Waals surface area (Å²) in [5.41, 5.74) is 2.66. The summed E-state index contributed by atoms with van der Waals surface area (Å²) >= 11 is 0. The van der Waals surface area contributed by atoms with E-state index in [2.05, 4.69) is 0 Å². The molecule has 0 spiro atoms. The van der Waals surface area contributed by atoms with Crippen LogP contribution >= 0.6 is 0 Å². The van der Waals surface area contributed by atoms with E-state index in [-0.39, 0.29) is 5.97 Å². The minimum atomic E-state index is -0.477. The van der Waals surface area contributed by atoms with Crippen molar-refractivity contribution >= 4 is 12.3 Å². The van der Waals surface area contributed by atoms with Crippen molar-refractivity contribution in [1.29, 1.82) is 0 Å². The third-order valence-electron chi connectivity index (χ3n) is 3.09. The lowest BCUT2D eigenvalue weighted by Gasteiger charge is -2.12. The van der Waals surface area contributed by atoms with Gasteiger partial charge in [-0.2, -0.15) is 0 Å². The number of rotatable bonds is 2. The number of esters is 1. The summed E-state index contributed by atoms with van der Waals surface area (Å²) in [7, 11) is 0. The van der Waals surface area contributed by atoms with Gasteiger partial charge in [-0.15, -0.1) is 0 Å². The molecule has 0 saturated heterocycles. The van der Waals surface area contributed by atoms with Crippen LogP contribution in [0.2, 0.25) is 0 Å². The molecule has 2 aromatic rings. The van der Waals surface area contributed by atoms with Crippen LogP contribution in [0, 0.1) is 0 Å². The van der Waals surface area contributed by atoms with E-state index >= 15 is 0 Å². The number of hydrogen-bond donors (Lipinski definition) is 0. The van der Waals surface area contributed by atoms with Gasteiger partial charge in [-0.1, -0.05) is 42.5 Å². The fourth-order valence-electron chi connectivity index (χ4n) is 2.23. The van der Waals surface area contributed by atoms with E-state index in [1.165, 1.54) is 0 Å². The van der Waals surface area contributed by atoms with Crippen LogP contribution in [0.3, 0.4) is 0 Å². The predicted octanol–water partition coefficient (Wildman–Crippen LogP) is 2.76. The topological polar surface area (TPSA) is 43.4 Å². The van der Waals surface area contributed by atoms with Gasteiger partial charge in [0.25, 0.3) is 0 Å². The normalized spacial score (nSPS) is 17.1. The van der Waals surface area contributed by atoms with Gasteiger partial charge >= 0.3 is 5.97 Å². The predicted molar refractivity (Wildman–Crippen MR) is 65.5 cm³/mol. The molecule has 0 saturated carbocycles. The number of carbonyl (C=O) groups excluding carboxylic acids is 2. The Kier molecular flexibility index (Phi) is 2.45. The maximum atomic E-state index is 11.7. The average Bonchev–Trinajstić information content (AvgIpc) is 2.77. The molecule has 0 amide bonds. The van der Waals surface area contributed by atoms with Gasteiger partial charge in [0, 0.05) is 16.7 Å². The molecule has 0 N–H and O–H groups in total. The third-order valence-corrected chi connectivity index (χ3v) is 3.09. The molecule has 0 aliphatic carbocycles. The molecule has 1 atom stereocenters. The summed E-state index contributed by atoms with van der Waals surface area (Å²) < 4.78 is 5.36. The second-order valence-electron chi connectivity index (χ2n) is 4.12. The fraction of sp³-hybridized carbons (Fsp3) is 0.0667. The maximum Gasteiger partial charge on any atom is 0.339 e. The number of aldehydes is 1. The van der Waals surface area contributed by atoms with Crippen LogP contribution in [-0.2, 0) is 4.74 Å². The summed E-state index contributed by atoms with van der Waals surface area (Å²) in [5, 5.41) is 0. The van der Waals surface area contributed by atoms with Gasteiger partial charge in [-0.25, -0.2) is 4.79 Å². The van der Waals surface area contributed by atoms with E-state index in [0.29, 0.717) is 11.1 Å². The van der Waals surface area contributed by atoms with Crippen molar-refractivity contribution in [3.8, 4) is 0 Å². The molecular formula is C15H10O3. The first kappa shape index (κ1) is 10.7. The van der Waals surface area contributed by atoms with Gasteiger partial charge in [0.15, 0.2) is 6.10 Å². The number of benzene rings is 2. The molecular weight excluding hydrogens is 228 g/mol. The smallest absolute Gasteiger partial charge is 0.339 e. The minimum Gasteiger partial charge on any atom is -0.449 e. The van der Waals surface area contributed by atoms with E-state index in [0.717, 1.165) is 17.4 Å². The Morgan fingerprint density at radius 3 is 2.39 bits per heavy atom. The van der Waals surface area contributed by atoms with Gasteiger partial charge in [0.05, 0.1) is 5.56 Å². The van der Waals surface area contributed by atoms with E-state index in [1.807, 2.05) is 24.3 Å². The monoisotopic (exact) mass is 238 g/mol. The second kappa shape index (κ2) is 4.11. The Labute approximate surface area is 104 Å². The molecule has 1 heterocycles. The van der Waals surface area contributed by atoms with E-state index < -0.39 is 6.10 Å². The minimum absolute atomic E-state index is 0.337. The lowest BCUT2D eigenvalue weighted by atomic mass is 9.96. The molecule has 0 radical (unpaired) electrons. The maximum absolute atomic E-state index is 11.7. The highest BCUT2D eigenvalue weighted by molar-refractivity contribution is 5.95. The van der Waals surface area contributed by atoms with Crippen molar-refractivity contribution in [2.75, 3.05) is 0 Å². The highest BCUT2D eigenvalue weighted by Crippen LogP contribution is 2.36. The first-order chi connectivity index (χ1) is 8.81. The number of fused-ring (bicyclic) bond motifs is 1. The van der Waals surface area contributed by atoms with Gasteiger partial charge in [-0.05, 0) is 6.07 Å². The quantitative estimate of drug-likeness (QED) is 0.596.